The number of aliphatic carboxylic acids is 1. The van der Waals surface area contributed by atoms with Gasteiger partial charge in [0.25, 0.3) is 0 Å². The molecule has 23 heavy (non-hydrogen) atoms. The van der Waals surface area contributed by atoms with E-state index in [0.29, 0.717) is 11.4 Å². The van der Waals surface area contributed by atoms with Crippen molar-refractivity contribution in [1.82, 2.24) is 9.97 Å². The Bertz CT molecular complexity index is 883. The topological polar surface area (TPSA) is 87.5 Å². The first kappa shape index (κ1) is 14.6. The van der Waals surface area contributed by atoms with E-state index < -0.39 is 5.97 Å². The fourth-order valence-electron chi connectivity index (χ4n) is 2.15. The van der Waals surface area contributed by atoms with E-state index in [1.165, 1.54) is 6.33 Å². The van der Waals surface area contributed by atoms with Crippen LogP contribution in [-0.2, 0) is 4.79 Å². The highest BCUT2D eigenvalue weighted by Gasteiger charge is 2.13. The van der Waals surface area contributed by atoms with E-state index in [-0.39, 0.29) is 5.71 Å². The van der Waals surface area contributed by atoms with Gasteiger partial charge in [-0.05, 0) is 19.1 Å². The number of carbonyl (C=O) groups is 1. The van der Waals surface area contributed by atoms with Crippen LogP contribution in [0.25, 0.3) is 10.9 Å². The molecule has 0 saturated heterocycles. The third-order valence-corrected chi connectivity index (χ3v) is 3.34. The summed E-state index contributed by atoms with van der Waals surface area (Å²) in [7, 11) is 0. The summed E-state index contributed by atoms with van der Waals surface area (Å²) in [5.41, 5.74) is 4.99. The highest BCUT2D eigenvalue weighted by atomic mass is 16.4. The highest BCUT2D eigenvalue weighted by Crippen LogP contribution is 2.18. The van der Waals surface area contributed by atoms with Crippen molar-refractivity contribution in [1.29, 1.82) is 0 Å². The predicted octanol–water partition coefficient (Wildman–Crippen LogP) is 2.84. The Morgan fingerprint density at radius 3 is 2.57 bits per heavy atom. The number of nitrogens with zero attached hydrogens (tertiary/aromatic N) is 3. The number of rotatable bonds is 4. The molecule has 114 valence electrons. The Labute approximate surface area is 132 Å². The fraction of sp³-hybridized carbons (Fsp3) is 0.0588. The highest BCUT2D eigenvalue weighted by molar-refractivity contribution is 6.42. The SMILES string of the molecule is Cc1ccc(/C(=N\Nc2ncnc3ccccc23)C(=O)O)cc1. The number of hydrogen-bond donors (Lipinski definition) is 2. The minimum atomic E-state index is -1.11. The van der Waals surface area contributed by atoms with Crippen LogP contribution in [0.1, 0.15) is 11.1 Å². The van der Waals surface area contributed by atoms with Crippen molar-refractivity contribution in [3.8, 4) is 0 Å². The number of carboxylic acids is 1. The minimum absolute atomic E-state index is 0.0762. The number of benzene rings is 2. The summed E-state index contributed by atoms with van der Waals surface area (Å²) in [6.45, 7) is 1.94. The van der Waals surface area contributed by atoms with Crippen LogP contribution < -0.4 is 5.43 Å². The molecule has 2 aromatic carbocycles. The van der Waals surface area contributed by atoms with Crippen molar-refractivity contribution < 1.29 is 9.90 Å². The molecule has 0 aliphatic carbocycles. The smallest absolute Gasteiger partial charge is 0.356 e. The van der Waals surface area contributed by atoms with Crippen molar-refractivity contribution in [3.63, 3.8) is 0 Å². The van der Waals surface area contributed by atoms with Gasteiger partial charge >= 0.3 is 5.97 Å². The zero-order valence-corrected chi connectivity index (χ0v) is 12.4. The van der Waals surface area contributed by atoms with E-state index >= 15 is 0 Å². The van der Waals surface area contributed by atoms with Crippen LogP contribution in [0.5, 0.6) is 0 Å². The molecule has 0 aliphatic heterocycles. The van der Waals surface area contributed by atoms with Crippen LogP contribution >= 0.6 is 0 Å². The predicted molar refractivity (Wildman–Crippen MR) is 88.5 cm³/mol. The fourth-order valence-corrected chi connectivity index (χ4v) is 2.15. The van der Waals surface area contributed by atoms with Gasteiger partial charge in [-0.2, -0.15) is 5.10 Å². The van der Waals surface area contributed by atoms with Gasteiger partial charge in [-0.15, -0.1) is 0 Å². The lowest BCUT2D eigenvalue weighted by Crippen LogP contribution is -2.16. The van der Waals surface area contributed by atoms with Crippen LogP contribution in [0.2, 0.25) is 0 Å². The second kappa shape index (κ2) is 6.23. The summed E-state index contributed by atoms with van der Waals surface area (Å²) >= 11 is 0. The monoisotopic (exact) mass is 306 g/mol. The van der Waals surface area contributed by atoms with E-state index in [9.17, 15) is 9.90 Å². The average Bonchev–Trinajstić information content (AvgIpc) is 2.56. The van der Waals surface area contributed by atoms with Gasteiger partial charge < -0.3 is 5.11 Å². The van der Waals surface area contributed by atoms with Crippen LogP contribution in [-0.4, -0.2) is 26.8 Å². The normalized spacial score (nSPS) is 11.4. The van der Waals surface area contributed by atoms with Crippen molar-refractivity contribution in [2.45, 2.75) is 6.92 Å². The van der Waals surface area contributed by atoms with E-state index in [1.807, 2.05) is 43.3 Å². The van der Waals surface area contributed by atoms with Gasteiger partial charge in [0, 0.05) is 10.9 Å². The van der Waals surface area contributed by atoms with E-state index in [1.54, 1.807) is 12.1 Å². The maximum absolute atomic E-state index is 11.5. The van der Waals surface area contributed by atoms with Crippen LogP contribution in [0.15, 0.2) is 60.0 Å². The van der Waals surface area contributed by atoms with Gasteiger partial charge in [0.2, 0.25) is 0 Å². The molecule has 3 aromatic rings. The van der Waals surface area contributed by atoms with E-state index in [4.69, 9.17) is 0 Å². The van der Waals surface area contributed by atoms with Crippen molar-refractivity contribution in [2.24, 2.45) is 5.10 Å². The number of aryl methyl sites for hydroxylation is 1. The van der Waals surface area contributed by atoms with Crippen molar-refractivity contribution in [2.75, 3.05) is 5.43 Å². The third kappa shape index (κ3) is 3.16. The molecule has 1 aromatic heterocycles. The molecule has 0 radical (unpaired) electrons. The lowest BCUT2D eigenvalue weighted by Gasteiger charge is -2.06. The molecule has 0 amide bonds. The molecule has 0 atom stereocenters. The molecular weight excluding hydrogens is 292 g/mol. The first-order valence-corrected chi connectivity index (χ1v) is 6.99. The number of aromatic nitrogens is 2. The van der Waals surface area contributed by atoms with E-state index in [2.05, 4.69) is 20.5 Å². The minimum Gasteiger partial charge on any atom is -0.476 e. The molecule has 1 heterocycles. The number of hydrogen-bond acceptors (Lipinski definition) is 5. The zero-order chi connectivity index (χ0) is 16.2. The second-order valence-electron chi connectivity index (χ2n) is 4.98. The maximum atomic E-state index is 11.5. The first-order chi connectivity index (χ1) is 11.1. The van der Waals surface area contributed by atoms with Crippen molar-refractivity contribution >= 4 is 28.4 Å². The molecule has 6 heteroatoms. The molecule has 0 aliphatic rings. The van der Waals surface area contributed by atoms with Crippen LogP contribution in [0.4, 0.5) is 5.82 Å². The number of carboxylic acid groups (broad SMARTS) is 1. The number of hydrazone groups is 1. The Morgan fingerprint density at radius 1 is 1.09 bits per heavy atom. The summed E-state index contributed by atoms with van der Waals surface area (Å²) in [5, 5.41) is 14.2. The lowest BCUT2D eigenvalue weighted by molar-refractivity contribution is -0.129. The maximum Gasteiger partial charge on any atom is 0.356 e. The summed E-state index contributed by atoms with van der Waals surface area (Å²) in [5.74, 6) is -0.652. The molecule has 0 saturated carbocycles. The number of para-hydroxylation sites is 1. The van der Waals surface area contributed by atoms with Gasteiger partial charge in [-0.25, -0.2) is 14.8 Å². The summed E-state index contributed by atoms with van der Waals surface area (Å²) in [4.78, 5) is 19.7. The molecule has 0 bridgehead atoms. The summed E-state index contributed by atoms with van der Waals surface area (Å²) < 4.78 is 0. The Balaban J connectivity index is 1.97. The van der Waals surface area contributed by atoms with Gasteiger partial charge in [0.15, 0.2) is 11.5 Å². The summed E-state index contributed by atoms with van der Waals surface area (Å²) in [6.07, 6.45) is 1.41. The molecular formula is C17H14N4O2. The largest absolute Gasteiger partial charge is 0.476 e. The molecule has 0 fully saturated rings. The standard InChI is InChI=1S/C17H14N4O2/c1-11-6-8-12(9-7-11)15(17(22)23)20-21-16-13-4-2-3-5-14(13)18-10-19-16/h2-10H,1H3,(H,22,23)(H,18,19,21)/b20-15+. The average molecular weight is 306 g/mol. The van der Waals surface area contributed by atoms with Gasteiger partial charge in [-0.1, -0.05) is 42.0 Å². The number of nitrogens with one attached hydrogen (secondary N) is 1. The van der Waals surface area contributed by atoms with E-state index in [0.717, 1.165) is 16.5 Å². The Kier molecular flexibility index (Phi) is 3.97. The quantitative estimate of drug-likeness (QED) is 0.571. The van der Waals surface area contributed by atoms with Gasteiger partial charge in [0.05, 0.1) is 5.52 Å². The first-order valence-electron chi connectivity index (χ1n) is 6.99. The number of anilines is 1. The van der Waals surface area contributed by atoms with Crippen LogP contribution in [0.3, 0.4) is 0 Å². The molecule has 3 rings (SSSR count). The molecule has 0 spiro atoms. The molecule has 0 unspecified atom stereocenters. The van der Waals surface area contributed by atoms with Gasteiger partial charge in [-0.3, -0.25) is 5.43 Å². The second-order valence-corrected chi connectivity index (χ2v) is 4.98. The zero-order valence-electron chi connectivity index (χ0n) is 12.4. The Hall–Kier alpha value is -3.28. The van der Waals surface area contributed by atoms with Crippen molar-refractivity contribution in [3.05, 3.63) is 66.0 Å². The molecule has 6 nitrogen and oxygen atoms in total. The lowest BCUT2D eigenvalue weighted by atomic mass is 10.1. The Morgan fingerprint density at radius 2 is 1.83 bits per heavy atom. The number of fused-ring (bicyclic) bond motifs is 1. The van der Waals surface area contributed by atoms with Gasteiger partial charge in [0.1, 0.15) is 6.33 Å². The summed E-state index contributed by atoms with van der Waals surface area (Å²) in [6, 6.07) is 14.6. The molecule has 2 N–H and O–H groups in total. The van der Waals surface area contributed by atoms with Crippen LogP contribution in [0, 0.1) is 6.92 Å². The third-order valence-electron chi connectivity index (χ3n) is 3.34.